The average Bonchev–Trinajstić information content (AvgIpc) is 2.71. The Hall–Kier alpha value is -1.23. The molecular formula is C11H13BrN4. The molecule has 0 saturated carbocycles. The Kier molecular flexibility index (Phi) is 3.33. The van der Waals surface area contributed by atoms with E-state index in [1.54, 1.807) is 0 Å². The summed E-state index contributed by atoms with van der Waals surface area (Å²) in [5, 5.41) is 8.37. The maximum Gasteiger partial charge on any atom is 0.182 e. The molecule has 2 aromatic rings. The van der Waals surface area contributed by atoms with Crippen molar-refractivity contribution in [2.75, 3.05) is 0 Å². The summed E-state index contributed by atoms with van der Waals surface area (Å²) in [7, 11) is 0. The number of aryl methyl sites for hydroxylation is 1. The van der Waals surface area contributed by atoms with Crippen LogP contribution < -0.4 is 0 Å². The molecule has 16 heavy (non-hydrogen) atoms. The van der Waals surface area contributed by atoms with Crippen LogP contribution >= 0.6 is 15.9 Å². The first-order valence-corrected chi connectivity index (χ1v) is 6.10. The van der Waals surface area contributed by atoms with E-state index >= 15 is 0 Å². The molecule has 2 heterocycles. The Labute approximate surface area is 103 Å². The number of halogens is 1. The monoisotopic (exact) mass is 280 g/mol. The lowest BCUT2D eigenvalue weighted by molar-refractivity contribution is 0.710. The number of pyridine rings is 1. The van der Waals surface area contributed by atoms with Gasteiger partial charge in [0.2, 0.25) is 0 Å². The third kappa shape index (κ3) is 2.00. The van der Waals surface area contributed by atoms with Gasteiger partial charge in [0.15, 0.2) is 5.82 Å². The second-order valence-corrected chi connectivity index (χ2v) is 4.20. The van der Waals surface area contributed by atoms with E-state index < -0.39 is 0 Å². The second kappa shape index (κ2) is 4.74. The molecule has 0 spiro atoms. The molecule has 0 fully saturated rings. The minimum Gasteiger partial charge on any atom is -0.310 e. The third-order valence-corrected chi connectivity index (χ3v) is 2.85. The molecule has 0 amide bonds. The van der Waals surface area contributed by atoms with Gasteiger partial charge in [-0.15, -0.1) is 10.2 Å². The van der Waals surface area contributed by atoms with Crippen LogP contribution in [0.15, 0.2) is 22.8 Å². The maximum absolute atomic E-state index is 4.39. The molecule has 0 aliphatic heterocycles. The fourth-order valence-electron chi connectivity index (χ4n) is 1.65. The van der Waals surface area contributed by atoms with E-state index in [1.807, 2.05) is 18.2 Å². The van der Waals surface area contributed by atoms with Crippen LogP contribution in [0.2, 0.25) is 0 Å². The summed E-state index contributed by atoms with van der Waals surface area (Å²) >= 11 is 3.36. The Morgan fingerprint density at radius 1 is 1.25 bits per heavy atom. The molecule has 0 saturated heterocycles. The summed E-state index contributed by atoms with van der Waals surface area (Å²) in [5.41, 5.74) is 0.850. The molecule has 0 aliphatic rings. The number of hydrogen-bond donors (Lipinski definition) is 0. The average molecular weight is 281 g/mol. The van der Waals surface area contributed by atoms with Gasteiger partial charge in [-0.2, -0.15) is 0 Å². The number of hydrogen-bond acceptors (Lipinski definition) is 3. The highest BCUT2D eigenvalue weighted by atomic mass is 79.9. The van der Waals surface area contributed by atoms with Crippen molar-refractivity contribution in [3.63, 3.8) is 0 Å². The minimum absolute atomic E-state index is 0.814. The quantitative estimate of drug-likeness (QED) is 0.812. The molecule has 2 rings (SSSR count). The summed E-state index contributed by atoms with van der Waals surface area (Å²) in [5.74, 6) is 1.83. The highest BCUT2D eigenvalue weighted by molar-refractivity contribution is 9.10. The van der Waals surface area contributed by atoms with Crippen LogP contribution in [0.1, 0.15) is 19.7 Å². The molecule has 0 bridgehead atoms. The molecule has 5 heteroatoms. The van der Waals surface area contributed by atoms with Crippen molar-refractivity contribution in [2.24, 2.45) is 0 Å². The smallest absolute Gasteiger partial charge is 0.182 e. The summed E-state index contributed by atoms with van der Waals surface area (Å²) in [4.78, 5) is 4.39. The van der Waals surface area contributed by atoms with Gasteiger partial charge in [0.25, 0.3) is 0 Å². The van der Waals surface area contributed by atoms with Gasteiger partial charge in [-0.05, 0) is 35.0 Å². The Morgan fingerprint density at radius 3 is 2.69 bits per heavy atom. The number of nitrogens with zero attached hydrogens (tertiary/aromatic N) is 4. The molecule has 0 radical (unpaired) electrons. The molecule has 84 valence electrons. The van der Waals surface area contributed by atoms with Gasteiger partial charge in [0.05, 0.1) is 0 Å². The van der Waals surface area contributed by atoms with Crippen LogP contribution in [0.4, 0.5) is 0 Å². The van der Waals surface area contributed by atoms with Crippen molar-refractivity contribution in [2.45, 2.75) is 26.8 Å². The summed E-state index contributed by atoms with van der Waals surface area (Å²) in [6.45, 7) is 5.03. The van der Waals surface area contributed by atoms with Crippen molar-refractivity contribution in [3.8, 4) is 11.5 Å². The van der Waals surface area contributed by atoms with Crippen LogP contribution in [-0.4, -0.2) is 19.7 Å². The number of aromatic nitrogens is 4. The standard InChI is InChI=1S/C11H13BrN4/c1-3-10-14-15-11(16(10)4-2)8-6-5-7-9(12)13-8/h5-7H,3-4H2,1-2H3. The van der Waals surface area contributed by atoms with Gasteiger partial charge < -0.3 is 4.57 Å². The van der Waals surface area contributed by atoms with Crippen LogP contribution in [0.5, 0.6) is 0 Å². The van der Waals surface area contributed by atoms with Crippen LogP contribution in [0, 0.1) is 0 Å². The fraction of sp³-hybridized carbons (Fsp3) is 0.364. The van der Waals surface area contributed by atoms with Crippen LogP contribution in [-0.2, 0) is 13.0 Å². The highest BCUT2D eigenvalue weighted by Gasteiger charge is 2.12. The molecule has 0 unspecified atom stereocenters. The Morgan fingerprint density at radius 2 is 2.06 bits per heavy atom. The van der Waals surface area contributed by atoms with E-state index in [4.69, 9.17) is 0 Å². The normalized spacial score (nSPS) is 10.7. The Balaban J connectivity index is 2.51. The molecule has 0 N–H and O–H groups in total. The van der Waals surface area contributed by atoms with Crippen molar-refractivity contribution < 1.29 is 0 Å². The lowest BCUT2D eigenvalue weighted by atomic mass is 10.3. The molecule has 0 aliphatic carbocycles. The first-order chi connectivity index (χ1) is 7.76. The summed E-state index contributed by atoms with van der Waals surface area (Å²) < 4.78 is 2.91. The maximum atomic E-state index is 4.39. The summed E-state index contributed by atoms with van der Waals surface area (Å²) in [6, 6.07) is 5.80. The molecule has 4 nitrogen and oxygen atoms in total. The zero-order valence-corrected chi connectivity index (χ0v) is 10.9. The van der Waals surface area contributed by atoms with Gasteiger partial charge in [0, 0.05) is 13.0 Å². The van der Waals surface area contributed by atoms with Gasteiger partial charge in [0.1, 0.15) is 16.1 Å². The predicted molar refractivity (Wildman–Crippen MR) is 66.0 cm³/mol. The minimum atomic E-state index is 0.814. The van der Waals surface area contributed by atoms with Crippen molar-refractivity contribution in [1.82, 2.24) is 19.7 Å². The lowest BCUT2D eigenvalue weighted by Crippen LogP contribution is -2.03. The van der Waals surface area contributed by atoms with Gasteiger partial charge in [-0.1, -0.05) is 13.0 Å². The van der Waals surface area contributed by atoms with E-state index in [-0.39, 0.29) is 0 Å². The van der Waals surface area contributed by atoms with E-state index in [0.717, 1.165) is 34.9 Å². The second-order valence-electron chi connectivity index (χ2n) is 3.38. The first kappa shape index (κ1) is 11.3. The molecule has 0 atom stereocenters. The summed E-state index contributed by atoms with van der Waals surface area (Å²) in [6.07, 6.45) is 0.884. The predicted octanol–water partition coefficient (Wildman–Crippen LogP) is 2.68. The number of rotatable bonds is 3. The SMILES string of the molecule is CCc1nnc(-c2cccc(Br)n2)n1CC. The van der Waals surface area contributed by atoms with Crippen LogP contribution in [0.25, 0.3) is 11.5 Å². The van der Waals surface area contributed by atoms with Crippen molar-refractivity contribution in [1.29, 1.82) is 0 Å². The third-order valence-electron chi connectivity index (χ3n) is 2.40. The zero-order valence-electron chi connectivity index (χ0n) is 9.31. The topological polar surface area (TPSA) is 43.6 Å². The lowest BCUT2D eigenvalue weighted by Gasteiger charge is -2.05. The molecule has 0 aromatic carbocycles. The van der Waals surface area contributed by atoms with E-state index in [9.17, 15) is 0 Å². The van der Waals surface area contributed by atoms with E-state index in [0.29, 0.717) is 0 Å². The Bertz CT molecular complexity index is 492. The zero-order chi connectivity index (χ0) is 11.5. The van der Waals surface area contributed by atoms with Crippen molar-refractivity contribution >= 4 is 15.9 Å². The van der Waals surface area contributed by atoms with Gasteiger partial charge >= 0.3 is 0 Å². The molecule has 2 aromatic heterocycles. The van der Waals surface area contributed by atoms with E-state index in [2.05, 4.69) is 49.5 Å². The van der Waals surface area contributed by atoms with Crippen molar-refractivity contribution in [3.05, 3.63) is 28.6 Å². The largest absolute Gasteiger partial charge is 0.310 e. The van der Waals surface area contributed by atoms with Crippen LogP contribution in [0.3, 0.4) is 0 Å². The highest BCUT2D eigenvalue weighted by Crippen LogP contribution is 2.18. The fourth-order valence-corrected chi connectivity index (χ4v) is 2.00. The first-order valence-electron chi connectivity index (χ1n) is 5.31. The van der Waals surface area contributed by atoms with Gasteiger partial charge in [-0.25, -0.2) is 4.98 Å². The van der Waals surface area contributed by atoms with Gasteiger partial charge in [-0.3, -0.25) is 0 Å². The van der Waals surface area contributed by atoms with E-state index in [1.165, 1.54) is 0 Å². The molecular weight excluding hydrogens is 268 g/mol.